The van der Waals surface area contributed by atoms with Crippen LogP contribution in [0.25, 0.3) is 0 Å². The van der Waals surface area contributed by atoms with Crippen LogP contribution in [0.1, 0.15) is 16.3 Å². The lowest BCUT2D eigenvalue weighted by Gasteiger charge is -2.05. The van der Waals surface area contributed by atoms with Gasteiger partial charge in [0.25, 0.3) is 5.91 Å². The minimum Gasteiger partial charge on any atom is -0.479 e. The molecule has 0 saturated heterocycles. The van der Waals surface area contributed by atoms with Gasteiger partial charge in [-0.1, -0.05) is 0 Å². The Bertz CT molecular complexity index is 403. The molecule has 0 unspecified atom stereocenters. The van der Waals surface area contributed by atoms with E-state index in [1.165, 1.54) is 6.07 Å². The van der Waals surface area contributed by atoms with Gasteiger partial charge in [0.1, 0.15) is 5.76 Å². The number of amides is 1. The molecule has 7 heteroatoms. The van der Waals surface area contributed by atoms with Crippen molar-refractivity contribution in [1.82, 2.24) is 5.32 Å². The predicted octanol–water partition coefficient (Wildman–Crippen LogP) is 0.318. The molecule has 0 aromatic carbocycles. The number of carbonyl (C=O) groups is 2. The fourth-order valence-corrected chi connectivity index (χ4v) is 1.52. The third-order valence-electron chi connectivity index (χ3n) is 1.91. The van der Waals surface area contributed by atoms with Crippen LogP contribution in [0.2, 0.25) is 0 Å². The van der Waals surface area contributed by atoms with Crippen LogP contribution >= 0.6 is 11.8 Å². The molecule has 0 saturated carbocycles. The highest BCUT2D eigenvalue weighted by Crippen LogP contribution is 2.13. The van der Waals surface area contributed by atoms with Crippen molar-refractivity contribution < 1.29 is 24.2 Å². The van der Waals surface area contributed by atoms with E-state index in [4.69, 9.17) is 14.6 Å². The number of carbonyl (C=O) groups excluding carboxylic acids is 1. The largest absolute Gasteiger partial charge is 0.479 e. The van der Waals surface area contributed by atoms with Crippen LogP contribution in [0.5, 0.6) is 0 Å². The van der Waals surface area contributed by atoms with Crippen molar-refractivity contribution in [1.29, 1.82) is 0 Å². The predicted molar refractivity (Wildman–Crippen MR) is 61.9 cm³/mol. The van der Waals surface area contributed by atoms with E-state index in [-0.39, 0.29) is 12.3 Å². The minimum atomic E-state index is -1.61. The van der Waals surface area contributed by atoms with E-state index in [0.29, 0.717) is 11.5 Å². The first-order chi connectivity index (χ1) is 8.04. The zero-order valence-electron chi connectivity index (χ0n) is 9.17. The van der Waals surface area contributed by atoms with Crippen molar-refractivity contribution >= 4 is 23.6 Å². The number of rotatable bonds is 6. The Morgan fingerprint density at radius 1 is 1.53 bits per heavy atom. The standard InChI is InChI=1S/C10H13NO5S/c1-17-5-6-2-3-8(16-6)9(13)11-4-7(12)10(14)15/h2-3,7,12H,4-5H2,1H3,(H,11,13)(H,14,15)/t7-/m0/s1. The topological polar surface area (TPSA) is 99.8 Å². The molecule has 17 heavy (non-hydrogen) atoms. The van der Waals surface area contributed by atoms with Crippen molar-refractivity contribution in [3.63, 3.8) is 0 Å². The Hall–Kier alpha value is -1.47. The summed E-state index contributed by atoms with van der Waals surface area (Å²) in [7, 11) is 0. The summed E-state index contributed by atoms with van der Waals surface area (Å²) in [6, 6.07) is 3.19. The number of furan rings is 1. The van der Waals surface area contributed by atoms with Gasteiger partial charge in [0.05, 0.1) is 12.3 Å². The summed E-state index contributed by atoms with van der Waals surface area (Å²) in [5.41, 5.74) is 0. The second kappa shape index (κ2) is 6.31. The normalized spacial score (nSPS) is 12.1. The van der Waals surface area contributed by atoms with Crippen LogP contribution in [0, 0.1) is 0 Å². The summed E-state index contributed by atoms with van der Waals surface area (Å²) in [6.45, 7) is -0.354. The van der Waals surface area contributed by atoms with E-state index in [1.807, 2.05) is 6.26 Å². The number of nitrogens with one attached hydrogen (secondary N) is 1. The van der Waals surface area contributed by atoms with Gasteiger partial charge < -0.3 is 19.9 Å². The maximum atomic E-state index is 11.5. The number of aliphatic carboxylic acids is 1. The van der Waals surface area contributed by atoms with Crippen molar-refractivity contribution in [3.8, 4) is 0 Å². The van der Waals surface area contributed by atoms with Gasteiger partial charge in [-0.3, -0.25) is 4.79 Å². The van der Waals surface area contributed by atoms with E-state index < -0.39 is 18.0 Å². The molecule has 0 fully saturated rings. The molecule has 1 atom stereocenters. The molecule has 1 amide bonds. The Balaban J connectivity index is 2.49. The van der Waals surface area contributed by atoms with E-state index in [1.54, 1.807) is 17.8 Å². The molecule has 0 aliphatic rings. The molecule has 94 valence electrons. The molecule has 1 rings (SSSR count). The highest BCUT2D eigenvalue weighted by Gasteiger charge is 2.16. The molecule has 0 radical (unpaired) electrons. The summed E-state index contributed by atoms with van der Waals surface area (Å²) < 4.78 is 5.22. The van der Waals surface area contributed by atoms with E-state index >= 15 is 0 Å². The first-order valence-electron chi connectivity index (χ1n) is 4.81. The first-order valence-corrected chi connectivity index (χ1v) is 6.20. The van der Waals surface area contributed by atoms with E-state index in [0.717, 1.165) is 0 Å². The zero-order valence-corrected chi connectivity index (χ0v) is 9.99. The molecule has 0 spiro atoms. The van der Waals surface area contributed by atoms with Gasteiger partial charge in [0.2, 0.25) is 0 Å². The summed E-state index contributed by atoms with van der Waals surface area (Å²) in [5.74, 6) is -0.496. The fourth-order valence-electron chi connectivity index (χ4n) is 1.08. The van der Waals surface area contributed by atoms with Crippen molar-refractivity contribution in [3.05, 3.63) is 23.7 Å². The molecule has 6 nitrogen and oxygen atoms in total. The molecule has 0 aliphatic carbocycles. The number of carboxylic acids is 1. The van der Waals surface area contributed by atoms with Gasteiger partial charge in [0, 0.05) is 0 Å². The van der Waals surface area contributed by atoms with Crippen LogP contribution in [0.15, 0.2) is 16.5 Å². The van der Waals surface area contributed by atoms with Crippen molar-refractivity contribution in [2.75, 3.05) is 12.8 Å². The molecular weight excluding hydrogens is 246 g/mol. The molecule has 3 N–H and O–H groups in total. The van der Waals surface area contributed by atoms with Crippen LogP contribution in [-0.4, -0.2) is 41.0 Å². The molecule has 1 heterocycles. The number of hydrogen-bond donors (Lipinski definition) is 3. The smallest absolute Gasteiger partial charge is 0.334 e. The van der Waals surface area contributed by atoms with Crippen LogP contribution in [0.4, 0.5) is 0 Å². The van der Waals surface area contributed by atoms with Gasteiger partial charge in [-0.2, -0.15) is 11.8 Å². The quantitative estimate of drug-likeness (QED) is 0.680. The Morgan fingerprint density at radius 2 is 2.24 bits per heavy atom. The first kappa shape index (κ1) is 13.6. The second-order valence-corrected chi connectivity index (χ2v) is 4.13. The average molecular weight is 259 g/mol. The van der Waals surface area contributed by atoms with Gasteiger partial charge in [-0.15, -0.1) is 0 Å². The van der Waals surface area contributed by atoms with Crippen molar-refractivity contribution in [2.45, 2.75) is 11.9 Å². The maximum Gasteiger partial charge on any atom is 0.334 e. The number of carboxylic acid groups (broad SMARTS) is 1. The molecule has 1 aromatic rings. The lowest BCUT2D eigenvalue weighted by molar-refractivity contribution is -0.146. The summed E-state index contributed by atoms with van der Waals surface area (Å²) >= 11 is 1.56. The van der Waals surface area contributed by atoms with Gasteiger partial charge in [0.15, 0.2) is 11.9 Å². The molecular formula is C10H13NO5S. The van der Waals surface area contributed by atoms with Gasteiger partial charge in [-0.05, 0) is 18.4 Å². The monoisotopic (exact) mass is 259 g/mol. The molecule has 0 aliphatic heterocycles. The summed E-state index contributed by atoms with van der Waals surface area (Å²) in [5, 5.41) is 19.6. The van der Waals surface area contributed by atoms with Crippen LogP contribution in [-0.2, 0) is 10.5 Å². The Morgan fingerprint density at radius 3 is 2.82 bits per heavy atom. The van der Waals surface area contributed by atoms with Crippen LogP contribution < -0.4 is 5.32 Å². The highest BCUT2D eigenvalue weighted by atomic mass is 32.2. The second-order valence-electron chi connectivity index (χ2n) is 3.26. The summed E-state index contributed by atoms with van der Waals surface area (Å²) in [4.78, 5) is 21.8. The number of aliphatic hydroxyl groups excluding tert-OH is 1. The number of hydrogen-bond acceptors (Lipinski definition) is 5. The van der Waals surface area contributed by atoms with Crippen LogP contribution in [0.3, 0.4) is 0 Å². The minimum absolute atomic E-state index is 0.103. The number of thioether (sulfide) groups is 1. The molecule has 1 aromatic heterocycles. The van der Waals surface area contributed by atoms with Gasteiger partial charge in [-0.25, -0.2) is 4.79 Å². The van der Waals surface area contributed by atoms with Crippen molar-refractivity contribution in [2.24, 2.45) is 0 Å². The lowest BCUT2D eigenvalue weighted by Crippen LogP contribution is -2.36. The third kappa shape index (κ3) is 4.12. The van der Waals surface area contributed by atoms with E-state index in [9.17, 15) is 9.59 Å². The lowest BCUT2D eigenvalue weighted by atomic mass is 10.3. The maximum absolute atomic E-state index is 11.5. The fraction of sp³-hybridized carbons (Fsp3) is 0.400. The van der Waals surface area contributed by atoms with Gasteiger partial charge >= 0.3 is 5.97 Å². The Kier molecular flexibility index (Phi) is 5.05. The SMILES string of the molecule is CSCc1ccc(C(=O)NC[C@H](O)C(=O)O)o1. The average Bonchev–Trinajstić information content (AvgIpc) is 2.74. The zero-order chi connectivity index (χ0) is 12.8. The number of aliphatic hydroxyl groups is 1. The Labute approximate surface area is 102 Å². The third-order valence-corrected chi connectivity index (χ3v) is 2.49. The summed E-state index contributed by atoms with van der Waals surface area (Å²) in [6.07, 6.45) is 0.297. The van der Waals surface area contributed by atoms with E-state index in [2.05, 4.69) is 5.32 Å². The molecule has 0 bridgehead atoms. The highest BCUT2D eigenvalue weighted by molar-refractivity contribution is 7.97.